The molecule has 1 aromatic carbocycles. The van der Waals surface area contributed by atoms with E-state index in [1.54, 1.807) is 11.3 Å². The molecule has 0 saturated carbocycles. The van der Waals surface area contributed by atoms with Crippen molar-refractivity contribution in [2.24, 2.45) is 5.92 Å². The molecule has 5 nitrogen and oxygen atoms in total. The predicted molar refractivity (Wildman–Crippen MR) is 111 cm³/mol. The van der Waals surface area contributed by atoms with Crippen LogP contribution in [0.3, 0.4) is 0 Å². The Kier molecular flexibility index (Phi) is 6.03. The van der Waals surface area contributed by atoms with E-state index in [4.69, 9.17) is 0 Å². The summed E-state index contributed by atoms with van der Waals surface area (Å²) in [5.74, 6) is -0.201. The summed E-state index contributed by atoms with van der Waals surface area (Å²) in [4.78, 5) is 29.4. The molecule has 2 N–H and O–H groups in total. The molecule has 0 radical (unpaired) electrons. The Hall–Kier alpha value is -2.51. The van der Waals surface area contributed by atoms with Crippen molar-refractivity contribution in [3.63, 3.8) is 0 Å². The van der Waals surface area contributed by atoms with Gasteiger partial charge in [-0.2, -0.15) is 11.3 Å². The Balaban J connectivity index is 1.60. The highest BCUT2D eigenvalue weighted by atomic mass is 32.1. The third kappa shape index (κ3) is 4.81. The smallest absolute Gasteiger partial charge is 0.263 e. The second-order valence-corrected chi connectivity index (χ2v) is 8.25. The molecule has 140 valence electrons. The maximum atomic E-state index is 12.5. The molecule has 3 aromatic rings. The van der Waals surface area contributed by atoms with Crippen molar-refractivity contribution < 1.29 is 9.59 Å². The van der Waals surface area contributed by atoms with Crippen LogP contribution in [0.15, 0.2) is 41.1 Å². The first kappa shape index (κ1) is 19.3. The molecule has 27 heavy (non-hydrogen) atoms. The largest absolute Gasteiger partial charge is 0.347 e. The summed E-state index contributed by atoms with van der Waals surface area (Å²) in [6.45, 7) is 5.98. The Morgan fingerprint density at radius 3 is 2.52 bits per heavy atom. The number of benzene rings is 1. The van der Waals surface area contributed by atoms with Crippen LogP contribution in [0.1, 0.15) is 34.8 Å². The van der Waals surface area contributed by atoms with Crippen molar-refractivity contribution in [2.45, 2.75) is 27.3 Å². The van der Waals surface area contributed by atoms with Crippen LogP contribution in [0.25, 0.3) is 10.6 Å². The third-order valence-corrected chi connectivity index (χ3v) is 5.86. The average molecular weight is 400 g/mol. The molecular weight excluding hydrogens is 378 g/mol. The summed E-state index contributed by atoms with van der Waals surface area (Å²) >= 11 is 3.02. The molecule has 0 aliphatic heterocycles. The van der Waals surface area contributed by atoms with Gasteiger partial charge in [0.2, 0.25) is 5.91 Å². The van der Waals surface area contributed by atoms with E-state index in [1.165, 1.54) is 11.3 Å². The van der Waals surface area contributed by atoms with Crippen molar-refractivity contribution >= 4 is 40.2 Å². The summed E-state index contributed by atoms with van der Waals surface area (Å²) in [6.07, 6.45) is 0. The molecule has 0 saturated heterocycles. The molecule has 0 bridgehead atoms. The van der Waals surface area contributed by atoms with Gasteiger partial charge in [0, 0.05) is 29.1 Å². The summed E-state index contributed by atoms with van der Waals surface area (Å²) < 4.78 is 0. The van der Waals surface area contributed by atoms with Gasteiger partial charge in [-0.25, -0.2) is 4.98 Å². The van der Waals surface area contributed by atoms with Gasteiger partial charge >= 0.3 is 0 Å². The van der Waals surface area contributed by atoms with Crippen LogP contribution >= 0.6 is 22.7 Å². The number of thiazole rings is 1. The molecule has 0 unspecified atom stereocenters. The minimum Gasteiger partial charge on any atom is -0.347 e. The van der Waals surface area contributed by atoms with Gasteiger partial charge in [-0.05, 0) is 36.1 Å². The van der Waals surface area contributed by atoms with E-state index in [-0.39, 0.29) is 17.7 Å². The van der Waals surface area contributed by atoms with E-state index in [0.717, 1.165) is 27.5 Å². The van der Waals surface area contributed by atoms with E-state index < -0.39 is 0 Å². The average Bonchev–Trinajstić information content (AvgIpc) is 3.30. The van der Waals surface area contributed by atoms with Gasteiger partial charge in [0.25, 0.3) is 5.91 Å². The van der Waals surface area contributed by atoms with Gasteiger partial charge < -0.3 is 10.6 Å². The number of carbonyl (C=O) groups excluding carboxylic acids is 2. The van der Waals surface area contributed by atoms with Gasteiger partial charge in [-0.1, -0.05) is 26.0 Å². The number of thiophene rings is 1. The van der Waals surface area contributed by atoms with E-state index >= 15 is 0 Å². The third-order valence-electron chi connectivity index (χ3n) is 3.97. The summed E-state index contributed by atoms with van der Waals surface area (Å²) in [5, 5.41) is 10.7. The van der Waals surface area contributed by atoms with Crippen LogP contribution in [0.2, 0.25) is 0 Å². The highest BCUT2D eigenvalue weighted by molar-refractivity contribution is 7.17. The second-order valence-electron chi connectivity index (χ2n) is 6.47. The Morgan fingerprint density at radius 1 is 1.15 bits per heavy atom. The fourth-order valence-corrected chi connectivity index (χ4v) is 4.07. The molecule has 0 spiro atoms. The van der Waals surface area contributed by atoms with Gasteiger partial charge in [0.15, 0.2) is 0 Å². The lowest BCUT2D eigenvalue weighted by Gasteiger charge is -2.09. The Morgan fingerprint density at radius 2 is 1.89 bits per heavy atom. The lowest BCUT2D eigenvalue weighted by Crippen LogP contribution is -2.22. The van der Waals surface area contributed by atoms with Crippen LogP contribution < -0.4 is 10.6 Å². The molecule has 2 amide bonds. The normalized spacial score (nSPS) is 10.8. The van der Waals surface area contributed by atoms with Crippen LogP contribution in [0.4, 0.5) is 5.69 Å². The van der Waals surface area contributed by atoms with Crippen LogP contribution in [0.5, 0.6) is 0 Å². The minimum absolute atomic E-state index is 0.0156. The van der Waals surface area contributed by atoms with Gasteiger partial charge in [0.05, 0.1) is 5.69 Å². The van der Waals surface area contributed by atoms with E-state index in [9.17, 15) is 9.59 Å². The maximum Gasteiger partial charge on any atom is 0.263 e. The first-order valence-corrected chi connectivity index (χ1v) is 10.4. The summed E-state index contributed by atoms with van der Waals surface area (Å²) in [6, 6.07) is 9.48. The number of amides is 2. The zero-order valence-electron chi connectivity index (χ0n) is 15.4. The summed E-state index contributed by atoms with van der Waals surface area (Å²) in [7, 11) is 0. The van der Waals surface area contributed by atoms with E-state index in [2.05, 4.69) is 15.6 Å². The number of aryl methyl sites for hydroxylation is 1. The predicted octanol–water partition coefficient (Wildman–Crippen LogP) is 4.70. The highest BCUT2D eigenvalue weighted by Crippen LogP contribution is 2.29. The Labute approximate surface area is 166 Å². The van der Waals surface area contributed by atoms with Gasteiger partial charge in [-0.15, -0.1) is 11.3 Å². The molecule has 2 heterocycles. The molecule has 0 fully saturated rings. The Bertz CT molecular complexity index is 929. The van der Waals surface area contributed by atoms with E-state index in [0.29, 0.717) is 11.4 Å². The van der Waals surface area contributed by atoms with Crippen molar-refractivity contribution in [1.82, 2.24) is 10.3 Å². The fourth-order valence-electron chi connectivity index (χ4n) is 2.37. The van der Waals surface area contributed by atoms with Crippen LogP contribution in [0, 0.1) is 12.8 Å². The lowest BCUT2D eigenvalue weighted by atomic mass is 10.1. The molecule has 0 atom stereocenters. The number of aromatic nitrogens is 1. The van der Waals surface area contributed by atoms with Gasteiger partial charge in [-0.3, -0.25) is 9.59 Å². The summed E-state index contributed by atoms with van der Waals surface area (Å²) in [5.41, 5.74) is 3.50. The number of hydrogen-bond donors (Lipinski definition) is 2. The van der Waals surface area contributed by atoms with Crippen molar-refractivity contribution in [3.8, 4) is 10.6 Å². The zero-order chi connectivity index (χ0) is 19.4. The quantitative estimate of drug-likeness (QED) is 0.631. The standard InChI is InChI=1S/C20H21N3O2S2/c1-12(2)18(24)23-16-6-4-14(5-7-16)10-21-19(25)17-13(3)22-20(27-17)15-8-9-26-11-15/h4-9,11-12H,10H2,1-3H3,(H,21,25)(H,23,24). The van der Waals surface area contributed by atoms with Crippen LogP contribution in [-0.4, -0.2) is 16.8 Å². The van der Waals surface area contributed by atoms with E-state index in [1.807, 2.05) is 61.9 Å². The van der Waals surface area contributed by atoms with Crippen molar-refractivity contribution in [1.29, 1.82) is 0 Å². The molecule has 0 aliphatic rings. The first-order valence-electron chi connectivity index (χ1n) is 8.62. The topological polar surface area (TPSA) is 71.1 Å². The highest BCUT2D eigenvalue weighted by Gasteiger charge is 2.16. The monoisotopic (exact) mass is 399 g/mol. The maximum absolute atomic E-state index is 12.5. The number of carbonyl (C=O) groups is 2. The van der Waals surface area contributed by atoms with Crippen LogP contribution in [-0.2, 0) is 11.3 Å². The molecular formula is C20H21N3O2S2. The molecule has 0 aliphatic carbocycles. The first-order chi connectivity index (χ1) is 12.9. The number of rotatable bonds is 6. The molecule has 2 aromatic heterocycles. The fraction of sp³-hybridized carbons (Fsp3) is 0.250. The zero-order valence-corrected chi connectivity index (χ0v) is 17.0. The minimum atomic E-state index is -0.122. The van der Waals surface area contributed by atoms with Crippen molar-refractivity contribution in [2.75, 3.05) is 5.32 Å². The number of hydrogen-bond acceptors (Lipinski definition) is 5. The number of nitrogens with zero attached hydrogens (tertiary/aromatic N) is 1. The number of anilines is 1. The SMILES string of the molecule is Cc1nc(-c2ccsc2)sc1C(=O)NCc1ccc(NC(=O)C(C)C)cc1. The second kappa shape index (κ2) is 8.45. The number of nitrogens with one attached hydrogen (secondary N) is 2. The van der Waals surface area contributed by atoms with Crippen molar-refractivity contribution in [3.05, 3.63) is 57.2 Å². The molecule has 7 heteroatoms. The molecule has 3 rings (SSSR count). The van der Waals surface area contributed by atoms with Gasteiger partial charge in [0.1, 0.15) is 9.88 Å². The lowest BCUT2D eigenvalue weighted by molar-refractivity contribution is -0.118.